The van der Waals surface area contributed by atoms with Crippen molar-refractivity contribution >= 4 is 15.8 Å². The Labute approximate surface area is 117 Å². The lowest BCUT2D eigenvalue weighted by Gasteiger charge is -2.11. The largest absolute Gasteiger partial charge is 0.381 e. The van der Waals surface area contributed by atoms with E-state index in [-0.39, 0.29) is 16.8 Å². The summed E-state index contributed by atoms with van der Waals surface area (Å²) < 4.78 is 28.8. The van der Waals surface area contributed by atoms with Gasteiger partial charge in [0, 0.05) is 19.3 Å². The van der Waals surface area contributed by atoms with Crippen LogP contribution >= 0.6 is 0 Å². The minimum Gasteiger partial charge on any atom is -0.381 e. The summed E-state index contributed by atoms with van der Waals surface area (Å²) in [6.07, 6.45) is 2.82. The first kappa shape index (κ1) is 13.1. The molecule has 3 N–H and O–H groups in total. The van der Waals surface area contributed by atoms with Gasteiger partial charge in [-0.3, -0.25) is 4.68 Å². The molecule has 20 heavy (non-hydrogen) atoms. The van der Waals surface area contributed by atoms with Gasteiger partial charge in [-0.2, -0.15) is 5.10 Å². The molecule has 0 saturated heterocycles. The van der Waals surface area contributed by atoms with Gasteiger partial charge in [0.2, 0.25) is 10.0 Å². The van der Waals surface area contributed by atoms with Crippen molar-refractivity contribution in [3.63, 3.8) is 0 Å². The van der Waals surface area contributed by atoms with E-state index in [0.717, 1.165) is 0 Å². The van der Waals surface area contributed by atoms with Gasteiger partial charge >= 0.3 is 0 Å². The Morgan fingerprint density at radius 3 is 2.40 bits per heavy atom. The van der Waals surface area contributed by atoms with E-state index in [1.54, 1.807) is 7.05 Å². The zero-order chi connectivity index (χ0) is 14.3. The van der Waals surface area contributed by atoms with Crippen LogP contribution in [-0.2, 0) is 29.9 Å². The molecule has 1 aliphatic rings. The van der Waals surface area contributed by atoms with Crippen molar-refractivity contribution in [3.05, 3.63) is 41.6 Å². The first-order chi connectivity index (χ1) is 9.45. The molecular weight excluding hydrogens is 276 g/mol. The second-order valence-corrected chi connectivity index (χ2v) is 6.73. The third-order valence-corrected chi connectivity index (χ3v) is 5.02. The van der Waals surface area contributed by atoms with Crippen LogP contribution in [0.1, 0.15) is 11.1 Å². The maximum atomic E-state index is 12.3. The van der Waals surface area contributed by atoms with Crippen LogP contribution in [0.15, 0.2) is 35.4 Å². The Hall–Kier alpha value is -1.86. The molecule has 0 spiro atoms. The summed E-state index contributed by atoms with van der Waals surface area (Å²) in [5, 5.41) is 3.87. The average Bonchev–Trinajstić information content (AvgIpc) is 2.91. The Bertz CT molecular complexity index is 726. The highest BCUT2D eigenvalue weighted by atomic mass is 32.2. The van der Waals surface area contributed by atoms with Crippen molar-refractivity contribution in [3.8, 4) is 0 Å². The fraction of sp³-hybridized carbons (Fsp3) is 0.308. The smallest absolute Gasteiger partial charge is 0.246 e. The standard InChI is InChI=1S/C13H16N4O2S/c1-17-8-12(13(14)15-17)20(18,19)16-11-6-9-4-2-3-5-10(9)7-11/h2-5,8,11,16H,6-7H2,1H3,(H2,14,15). The van der Waals surface area contributed by atoms with Gasteiger partial charge in [-0.25, -0.2) is 13.1 Å². The molecule has 0 saturated carbocycles. The van der Waals surface area contributed by atoms with Crippen molar-refractivity contribution in [2.24, 2.45) is 7.05 Å². The fourth-order valence-electron chi connectivity index (χ4n) is 2.62. The van der Waals surface area contributed by atoms with Crippen LogP contribution < -0.4 is 10.5 Å². The van der Waals surface area contributed by atoms with Crippen molar-refractivity contribution in [1.82, 2.24) is 14.5 Å². The highest BCUT2D eigenvalue weighted by Crippen LogP contribution is 2.24. The summed E-state index contributed by atoms with van der Waals surface area (Å²) in [5.74, 6) is 0.0236. The lowest BCUT2D eigenvalue weighted by molar-refractivity contribution is 0.556. The Balaban J connectivity index is 1.81. The number of benzene rings is 1. The molecule has 1 aliphatic carbocycles. The number of sulfonamides is 1. The summed E-state index contributed by atoms with van der Waals surface area (Å²) in [4.78, 5) is 0.0379. The minimum atomic E-state index is -3.63. The molecule has 0 aliphatic heterocycles. The normalized spacial score (nSPS) is 15.4. The number of rotatable bonds is 3. The van der Waals surface area contributed by atoms with Gasteiger partial charge in [-0.15, -0.1) is 0 Å². The number of hydrogen-bond donors (Lipinski definition) is 2. The van der Waals surface area contributed by atoms with E-state index in [1.807, 2.05) is 24.3 Å². The SMILES string of the molecule is Cn1cc(S(=O)(=O)NC2Cc3ccccc3C2)c(N)n1. The van der Waals surface area contributed by atoms with Crippen LogP contribution in [0, 0.1) is 0 Å². The van der Waals surface area contributed by atoms with E-state index < -0.39 is 10.0 Å². The second kappa shape index (κ2) is 4.60. The van der Waals surface area contributed by atoms with Gasteiger partial charge in [0.15, 0.2) is 5.82 Å². The zero-order valence-corrected chi connectivity index (χ0v) is 11.9. The number of hydrogen-bond acceptors (Lipinski definition) is 4. The summed E-state index contributed by atoms with van der Waals surface area (Å²) >= 11 is 0. The Morgan fingerprint density at radius 2 is 1.90 bits per heavy atom. The molecule has 1 aromatic heterocycles. The van der Waals surface area contributed by atoms with Crippen molar-refractivity contribution in [1.29, 1.82) is 0 Å². The van der Waals surface area contributed by atoms with Gasteiger partial charge in [0.25, 0.3) is 0 Å². The molecule has 7 heteroatoms. The number of aryl methyl sites for hydroxylation is 1. The molecule has 0 unspecified atom stereocenters. The van der Waals surface area contributed by atoms with E-state index in [4.69, 9.17) is 5.73 Å². The maximum absolute atomic E-state index is 12.3. The predicted molar refractivity (Wildman–Crippen MR) is 75.6 cm³/mol. The van der Waals surface area contributed by atoms with Crippen LogP contribution in [0.3, 0.4) is 0 Å². The lowest BCUT2D eigenvalue weighted by atomic mass is 10.1. The van der Waals surface area contributed by atoms with E-state index in [0.29, 0.717) is 12.8 Å². The topological polar surface area (TPSA) is 90.0 Å². The zero-order valence-electron chi connectivity index (χ0n) is 11.1. The van der Waals surface area contributed by atoms with Crippen LogP contribution in [0.25, 0.3) is 0 Å². The van der Waals surface area contributed by atoms with Crippen LogP contribution in [0.4, 0.5) is 5.82 Å². The third kappa shape index (κ3) is 2.30. The molecule has 3 rings (SSSR count). The summed E-state index contributed by atoms with van der Waals surface area (Å²) in [7, 11) is -1.99. The number of nitrogens with one attached hydrogen (secondary N) is 1. The number of fused-ring (bicyclic) bond motifs is 1. The maximum Gasteiger partial charge on any atom is 0.246 e. The van der Waals surface area contributed by atoms with Gasteiger partial charge in [0.1, 0.15) is 4.90 Å². The molecule has 1 aromatic carbocycles. The van der Waals surface area contributed by atoms with E-state index in [2.05, 4.69) is 9.82 Å². The summed E-state index contributed by atoms with van der Waals surface area (Å²) in [6, 6.07) is 7.87. The number of nitrogens with two attached hydrogens (primary N) is 1. The van der Waals surface area contributed by atoms with Crippen molar-refractivity contribution in [2.75, 3.05) is 5.73 Å². The Morgan fingerprint density at radius 1 is 1.30 bits per heavy atom. The molecule has 0 atom stereocenters. The number of anilines is 1. The highest BCUT2D eigenvalue weighted by molar-refractivity contribution is 7.89. The monoisotopic (exact) mass is 292 g/mol. The van der Waals surface area contributed by atoms with Crippen LogP contribution in [0.2, 0.25) is 0 Å². The highest BCUT2D eigenvalue weighted by Gasteiger charge is 2.28. The molecule has 2 aromatic rings. The van der Waals surface area contributed by atoms with Gasteiger partial charge in [-0.1, -0.05) is 24.3 Å². The average molecular weight is 292 g/mol. The molecule has 106 valence electrons. The second-order valence-electron chi connectivity index (χ2n) is 5.05. The number of aromatic nitrogens is 2. The van der Waals surface area contributed by atoms with Crippen LogP contribution in [-0.4, -0.2) is 24.2 Å². The van der Waals surface area contributed by atoms with Crippen molar-refractivity contribution < 1.29 is 8.42 Å². The molecular formula is C13H16N4O2S. The van der Waals surface area contributed by atoms with E-state index in [1.165, 1.54) is 22.0 Å². The Kier molecular flexibility index (Phi) is 3.02. The van der Waals surface area contributed by atoms with E-state index >= 15 is 0 Å². The van der Waals surface area contributed by atoms with Gasteiger partial charge < -0.3 is 5.73 Å². The quantitative estimate of drug-likeness (QED) is 0.859. The molecule has 0 amide bonds. The molecule has 0 bridgehead atoms. The van der Waals surface area contributed by atoms with Gasteiger partial charge in [0.05, 0.1) is 0 Å². The summed E-state index contributed by atoms with van der Waals surface area (Å²) in [5.41, 5.74) is 8.02. The van der Waals surface area contributed by atoms with Gasteiger partial charge in [-0.05, 0) is 24.0 Å². The molecule has 6 nitrogen and oxygen atoms in total. The number of nitrogens with zero attached hydrogens (tertiary/aromatic N) is 2. The fourth-order valence-corrected chi connectivity index (χ4v) is 3.96. The minimum absolute atomic E-state index is 0.0236. The summed E-state index contributed by atoms with van der Waals surface area (Å²) in [6.45, 7) is 0. The molecule has 0 radical (unpaired) electrons. The van der Waals surface area contributed by atoms with Crippen LogP contribution in [0.5, 0.6) is 0 Å². The van der Waals surface area contributed by atoms with E-state index in [9.17, 15) is 8.42 Å². The van der Waals surface area contributed by atoms with Crippen molar-refractivity contribution in [2.45, 2.75) is 23.8 Å². The molecule has 1 heterocycles. The predicted octanol–water partition coefficient (Wildman–Crippen LogP) is 0.448. The third-order valence-electron chi connectivity index (χ3n) is 3.48. The molecule has 0 fully saturated rings. The first-order valence-electron chi connectivity index (χ1n) is 6.34. The number of nitrogen functional groups attached to an aromatic ring is 1. The first-order valence-corrected chi connectivity index (χ1v) is 7.82. The lowest BCUT2D eigenvalue weighted by Crippen LogP contribution is -2.35.